The van der Waals surface area contributed by atoms with Crippen molar-refractivity contribution in [3.63, 3.8) is 0 Å². The second-order valence-electron chi connectivity index (χ2n) is 23.4. The summed E-state index contributed by atoms with van der Waals surface area (Å²) in [5.41, 5.74) is 33.6. The summed E-state index contributed by atoms with van der Waals surface area (Å²) >= 11 is 2.50. The largest absolute Gasteiger partial charge is 0.441 e. The van der Waals surface area contributed by atoms with Crippen LogP contribution in [0.5, 0.6) is 0 Å². The third-order valence-electron chi connectivity index (χ3n) is 15.9. The smallest absolute Gasteiger partial charge is 0.404 e. The number of nitrogen functional groups attached to an aromatic ring is 1. The van der Waals surface area contributed by atoms with Crippen LogP contribution in [0.4, 0.5) is 10.6 Å². The lowest BCUT2D eigenvalue weighted by molar-refractivity contribution is -0.372. The number of hydrogen-bond acceptors (Lipinski definition) is 33. The first-order chi connectivity index (χ1) is 47.0. The zero-order valence-electron chi connectivity index (χ0n) is 54.4. The number of imidazole rings is 1. The Labute approximate surface area is 573 Å². The van der Waals surface area contributed by atoms with E-state index in [9.17, 15) is 74.4 Å². The molecule has 0 aliphatic carbocycles. The van der Waals surface area contributed by atoms with Crippen LogP contribution in [-0.2, 0) is 54.1 Å². The Morgan fingerprint density at radius 2 is 1.44 bits per heavy atom. The van der Waals surface area contributed by atoms with Crippen LogP contribution in [0, 0.1) is 12.8 Å². The molecule has 28 N–H and O–H groups in total. The number of carbonyl (C=O) groups is 8. The summed E-state index contributed by atoms with van der Waals surface area (Å²) in [6, 6.07) is -7.87. The number of aromatic nitrogens is 6. The van der Waals surface area contributed by atoms with E-state index in [1.54, 1.807) is 10.8 Å². The molecule has 4 aromatic heterocycles. The maximum absolute atomic E-state index is 15.2. The number of nitrogens with zero attached hydrogens (tertiary/aromatic N) is 5. The molecule has 0 bridgehead atoms. The van der Waals surface area contributed by atoms with Crippen molar-refractivity contribution in [1.82, 2.24) is 67.1 Å². The van der Waals surface area contributed by atoms with Gasteiger partial charge < -0.3 is 141 Å². The van der Waals surface area contributed by atoms with Crippen molar-refractivity contribution in [2.45, 2.75) is 170 Å². The van der Waals surface area contributed by atoms with E-state index < -0.39 is 183 Å². The van der Waals surface area contributed by atoms with E-state index in [1.165, 1.54) is 50.4 Å². The zero-order valence-corrected chi connectivity index (χ0v) is 56.0. The topological polar surface area (TPSA) is 665 Å². The Hall–Kier alpha value is -7.73. The number of amides is 8. The Bertz CT molecular complexity index is 3320. The van der Waals surface area contributed by atoms with Gasteiger partial charge in [0.05, 0.1) is 72.7 Å². The highest BCUT2D eigenvalue weighted by Gasteiger charge is 2.54. The fraction of sp³-hybridized carbons (Fsp3) is 0.632. The predicted molar refractivity (Wildman–Crippen MR) is 346 cm³/mol. The lowest BCUT2D eigenvalue weighted by Gasteiger charge is -2.47. The van der Waals surface area contributed by atoms with Gasteiger partial charge in [-0.2, -0.15) is 0 Å². The van der Waals surface area contributed by atoms with Gasteiger partial charge in [-0.05, 0) is 59.7 Å². The van der Waals surface area contributed by atoms with Gasteiger partial charge >= 0.3 is 6.09 Å². The summed E-state index contributed by atoms with van der Waals surface area (Å²) in [6.45, 7) is 5.29. The monoisotopic (exact) mass is 1440 g/mol. The third kappa shape index (κ3) is 22.1. The molecule has 2 aliphatic heterocycles. The van der Waals surface area contributed by atoms with Crippen LogP contribution in [0.3, 0.4) is 0 Å². The number of nitrogens with two attached hydrogens (primary N) is 6. The molecule has 2 aliphatic rings. The Kier molecular flexibility index (Phi) is 30.9. The number of unbranched alkanes of at least 4 members (excludes halogenated alkanes) is 1. The zero-order chi connectivity index (χ0) is 72.9. The molecule has 2 saturated heterocycles. The van der Waals surface area contributed by atoms with Crippen LogP contribution in [0.1, 0.15) is 102 Å². The summed E-state index contributed by atoms with van der Waals surface area (Å²) in [4.78, 5) is 131. The molecule has 6 heterocycles. The lowest BCUT2D eigenvalue weighted by Crippen LogP contribution is -2.65. The first-order valence-corrected chi connectivity index (χ1v) is 33.1. The molecule has 0 unspecified atom stereocenters. The van der Waals surface area contributed by atoms with Gasteiger partial charge in [-0.25, -0.2) is 29.7 Å². The third-order valence-corrected chi connectivity index (χ3v) is 17.7. The van der Waals surface area contributed by atoms with Crippen molar-refractivity contribution in [1.29, 1.82) is 0 Å². The van der Waals surface area contributed by atoms with E-state index in [0.29, 0.717) is 28.8 Å². The van der Waals surface area contributed by atoms with E-state index in [2.05, 4.69) is 67.1 Å². The molecule has 2 fully saturated rings. The number of thiazole rings is 2. The number of aliphatic hydroxyl groups is 8. The van der Waals surface area contributed by atoms with Crippen molar-refractivity contribution in [2.75, 3.05) is 58.2 Å². The number of hydrogen-bond donors (Lipinski definition) is 22. The second kappa shape index (κ2) is 38.2. The summed E-state index contributed by atoms with van der Waals surface area (Å²) in [6.07, 6.45) is -22.5. The number of primary amides is 3. The number of aromatic amines is 1. The number of ether oxygens (including phenoxy) is 5. The summed E-state index contributed by atoms with van der Waals surface area (Å²) in [7, 11) is 0. The molecule has 4 aromatic rings. The van der Waals surface area contributed by atoms with Crippen LogP contribution in [0.2, 0.25) is 0 Å². The van der Waals surface area contributed by atoms with Crippen LogP contribution < -0.4 is 71.6 Å². The van der Waals surface area contributed by atoms with Gasteiger partial charge in [0.25, 0.3) is 11.8 Å². The fourth-order valence-electron chi connectivity index (χ4n) is 10.2. The standard InChI is InChI=1S/C57H89N19O21S2/c1-22-35(73-48(76-46(22)61)27(14-33(60)80)68-15-26(59)47(62)86)52(90)75-37(43(28-16-65-21-69-28)95-56-45(41(84)39(82)31(17-77)94-56)96-55-42(85)44(97-57(63)92)40(83)32(18-78)93-55)53(91)70-24(3)38(81)23(2)49(87)74-36(25(4)79)51(89)67-13-8-34-71-30(20-98-34)54-72-29(19-99-54)50(88)66-12-7-11-64-10-6-5-9-58/h16,19-21,23-27,31-32,36-45,55-56,64,68,77-79,81-85H,5-15,17-18,58-59H2,1-4H3,(H2,60,80)(H2,62,86)(H2,63,92)(H,65,69)(H,66,88)(H,67,89)(H,70,91)(H,74,87)(H,75,90)(H2,61,73,76)/t23-,24+,25+,26-,27-,31+,32+,36+,37+,38+,39+,40+,41-,42-,43-,44-,45-,55-,56-/m0/s1. The predicted octanol–water partition coefficient (Wildman–Crippen LogP) is -8.25. The normalized spacial score (nSPS) is 23.6. The molecule has 0 spiro atoms. The molecular weight excluding hydrogens is 1350 g/mol. The van der Waals surface area contributed by atoms with E-state index in [-0.39, 0.29) is 54.0 Å². The maximum atomic E-state index is 15.2. The van der Waals surface area contributed by atoms with Gasteiger partial charge in [0.2, 0.25) is 29.5 Å². The van der Waals surface area contributed by atoms with Crippen molar-refractivity contribution >= 4 is 75.9 Å². The molecule has 550 valence electrons. The fourth-order valence-corrected chi connectivity index (χ4v) is 11.8. The van der Waals surface area contributed by atoms with E-state index in [1.807, 2.05) is 0 Å². The van der Waals surface area contributed by atoms with Crippen molar-refractivity contribution in [2.24, 2.45) is 34.6 Å². The molecule has 40 nitrogen and oxygen atoms in total. The molecule has 19 atom stereocenters. The van der Waals surface area contributed by atoms with E-state index in [0.717, 1.165) is 44.9 Å². The minimum atomic E-state index is -2.20. The summed E-state index contributed by atoms with van der Waals surface area (Å²) in [5.74, 6) is -8.74. The van der Waals surface area contributed by atoms with E-state index >= 15 is 4.79 Å². The molecular formula is C57H89N19O21S2. The second-order valence-corrected chi connectivity index (χ2v) is 25.2. The quantitative estimate of drug-likeness (QED) is 0.0185. The molecule has 0 saturated carbocycles. The van der Waals surface area contributed by atoms with Crippen molar-refractivity contribution in [3.8, 4) is 10.7 Å². The highest BCUT2D eigenvalue weighted by Crippen LogP contribution is 2.35. The highest BCUT2D eigenvalue weighted by molar-refractivity contribution is 7.14. The first-order valence-electron chi connectivity index (χ1n) is 31.4. The number of H-pyrrole nitrogens is 1. The molecule has 0 radical (unpaired) electrons. The SMILES string of the molecule is Cc1c(N)nc([C@H](CC(N)=O)NC[C@H](N)C(N)=O)nc1C(=O)N[C@@H](C(=O)N[C@H](C)[C@H](O)[C@H](C)C(=O)N[C@@H](C(=O)NCCc1nc(-c2nc(C(=O)NCCCNCCCCN)cs2)cs1)[C@@H](C)O)[C@@H](O[C@@H]1O[C@H](CO)[C@@H](O)[C@H](O)[C@@H]1O[C@@H]1O[C@H](CO)[C@@H](O)[C@H](OC(N)=O)[C@@H]1O)c1cnc[nH]1. The molecule has 6 rings (SSSR count). The van der Waals surface area contributed by atoms with Crippen LogP contribution in [-0.4, -0.2) is 268 Å². The minimum absolute atomic E-state index is 0.0140. The molecule has 99 heavy (non-hydrogen) atoms. The Morgan fingerprint density at radius 3 is 2.09 bits per heavy atom. The Balaban J connectivity index is 1.23. The van der Waals surface area contributed by atoms with Gasteiger partial charge in [-0.1, -0.05) is 6.92 Å². The van der Waals surface area contributed by atoms with Gasteiger partial charge in [-0.3, -0.25) is 33.6 Å². The van der Waals surface area contributed by atoms with Crippen LogP contribution >= 0.6 is 22.7 Å². The molecule has 0 aromatic carbocycles. The maximum Gasteiger partial charge on any atom is 0.404 e. The van der Waals surface area contributed by atoms with Gasteiger partial charge in [-0.15, -0.1) is 22.7 Å². The van der Waals surface area contributed by atoms with Crippen molar-refractivity contribution in [3.05, 3.63) is 56.8 Å². The summed E-state index contributed by atoms with van der Waals surface area (Å²) in [5, 5.41) is 111. The lowest BCUT2D eigenvalue weighted by atomic mass is 9.96. The highest BCUT2D eigenvalue weighted by atomic mass is 32.1. The number of carbonyl (C=O) groups excluding carboxylic acids is 8. The first kappa shape index (κ1) is 80.2. The average molecular weight is 1440 g/mol. The summed E-state index contributed by atoms with van der Waals surface area (Å²) < 4.78 is 28.7. The number of anilines is 1. The minimum Gasteiger partial charge on any atom is -0.441 e. The van der Waals surface area contributed by atoms with Gasteiger partial charge in [0.1, 0.15) is 94.6 Å². The number of aliphatic hydroxyl groups excluding tert-OH is 8. The molecule has 8 amide bonds. The average Bonchev–Trinajstić information content (AvgIpc) is 1.07. The van der Waals surface area contributed by atoms with Gasteiger partial charge in [0, 0.05) is 48.8 Å². The van der Waals surface area contributed by atoms with Crippen LogP contribution in [0.15, 0.2) is 23.3 Å². The Morgan fingerprint density at radius 1 is 0.747 bits per heavy atom. The van der Waals surface area contributed by atoms with Gasteiger partial charge in [0.15, 0.2) is 18.7 Å². The number of nitrogens with one attached hydrogen (secondary N) is 8. The van der Waals surface area contributed by atoms with Crippen LogP contribution in [0.25, 0.3) is 10.7 Å². The molecule has 42 heteroatoms. The van der Waals surface area contributed by atoms with Crippen molar-refractivity contribution < 1.29 is 103 Å². The van der Waals surface area contributed by atoms with E-state index in [4.69, 9.17) is 58.1 Å². The number of rotatable bonds is 39.